The highest BCUT2D eigenvalue weighted by atomic mass is 16.2. The van der Waals surface area contributed by atoms with Crippen molar-refractivity contribution in [2.75, 3.05) is 26.2 Å². The van der Waals surface area contributed by atoms with Gasteiger partial charge in [0.1, 0.15) is 0 Å². The molecule has 0 radical (unpaired) electrons. The Kier molecular flexibility index (Phi) is 3.97. The molecule has 2 fully saturated rings. The molecule has 158 valence electrons. The molecular weight excluding hydrogens is 390 g/mol. The zero-order valence-electron chi connectivity index (χ0n) is 17.6. The van der Waals surface area contributed by atoms with Gasteiger partial charge >= 0.3 is 0 Å². The Morgan fingerprint density at radius 3 is 2.87 bits per heavy atom. The number of hydrogen-bond acceptors (Lipinski definition) is 4. The molecule has 2 aromatic heterocycles. The van der Waals surface area contributed by atoms with E-state index in [1.807, 2.05) is 29.3 Å². The molecule has 7 nitrogen and oxygen atoms in total. The fourth-order valence-electron chi connectivity index (χ4n) is 5.52. The standard InChI is InChI=1S/C24H25N5O2/c1-16-11-24(14-28(15-24)23(31)13-27-8-4-7-22(27)30)21-10-20(26-29(16)21)18-9-17-5-2-3-6-19(17)25-12-18/h2-3,5-6,9-10,12,16H,4,7-8,11,13-15H2,1H3. The van der Waals surface area contributed by atoms with Gasteiger partial charge < -0.3 is 9.80 Å². The molecule has 1 unspecified atom stereocenters. The first-order valence-electron chi connectivity index (χ1n) is 11.0. The second kappa shape index (κ2) is 6.64. The van der Waals surface area contributed by atoms with Gasteiger partial charge in [-0.2, -0.15) is 5.10 Å². The zero-order valence-corrected chi connectivity index (χ0v) is 17.6. The molecule has 1 atom stereocenters. The van der Waals surface area contributed by atoms with Crippen molar-refractivity contribution in [2.45, 2.75) is 37.6 Å². The Hall–Kier alpha value is -3.22. The number of pyridine rings is 1. The van der Waals surface area contributed by atoms with E-state index >= 15 is 0 Å². The van der Waals surface area contributed by atoms with Crippen LogP contribution in [0.15, 0.2) is 42.6 Å². The summed E-state index contributed by atoms with van der Waals surface area (Å²) in [6.45, 7) is 4.54. The summed E-state index contributed by atoms with van der Waals surface area (Å²) in [7, 11) is 0. The molecule has 2 amide bonds. The Bertz CT molecular complexity index is 1210. The Morgan fingerprint density at radius 1 is 1.23 bits per heavy atom. The number of aromatic nitrogens is 3. The van der Waals surface area contributed by atoms with E-state index in [1.54, 1.807) is 4.90 Å². The molecule has 1 spiro atoms. The summed E-state index contributed by atoms with van der Waals surface area (Å²) < 4.78 is 2.14. The first kappa shape index (κ1) is 18.5. The number of likely N-dealkylation sites (tertiary alicyclic amines) is 2. The van der Waals surface area contributed by atoms with Gasteiger partial charge in [0.2, 0.25) is 11.8 Å². The van der Waals surface area contributed by atoms with Crippen LogP contribution < -0.4 is 0 Å². The van der Waals surface area contributed by atoms with Crippen LogP contribution in [0.5, 0.6) is 0 Å². The average molecular weight is 415 g/mol. The van der Waals surface area contributed by atoms with Gasteiger partial charge in [-0.1, -0.05) is 18.2 Å². The van der Waals surface area contributed by atoms with Gasteiger partial charge in [0.25, 0.3) is 0 Å². The summed E-state index contributed by atoms with van der Waals surface area (Å²) >= 11 is 0. The minimum absolute atomic E-state index is 0.0282. The number of nitrogens with zero attached hydrogens (tertiary/aromatic N) is 5. The van der Waals surface area contributed by atoms with Gasteiger partial charge in [-0.3, -0.25) is 19.3 Å². The minimum atomic E-state index is -0.0282. The van der Waals surface area contributed by atoms with Gasteiger partial charge in [-0.05, 0) is 38.0 Å². The Labute approximate surface area is 180 Å². The number of hydrogen-bond donors (Lipinski definition) is 0. The molecule has 3 aliphatic rings. The Morgan fingerprint density at radius 2 is 2.06 bits per heavy atom. The van der Waals surface area contributed by atoms with Crippen LogP contribution in [0.4, 0.5) is 0 Å². The lowest BCUT2D eigenvalue weighted by atomic mass is 9.74. The molecule has 0 aliphatic carbocycles. The van der Waals surface area contributed by atoms with Crippen LogP contribution in [0.25, 0.3) is 22.2 Å². The molecule has 3 aliphatic heterocycles. The van der Waals surface area contributed by atoms with E-state index in [1.165, 1.54) is 5.69 Å². The number of benzene rings is 1. The molecule has 0 saturated carbocycles. The lowest BCUT2D eigenvalue weighted by Gasteiger charge is -2.48. The predicted octanol–water partition coefficient (Wildman–Crippen LogP) is 2.77. The number of fused-ring (bicyclic) bond motifs is 3. The van der Waals surface area contributed by atoms with Crippen molar-refractivity contribution in [3.8, 4) is 11.3 Å². The summed E-state index contributed by atoms with van der Waals surface area (Å²) in [4.78, 5) is 32.7. The number of carbonyl (C=O) groups excluding carboxylic acids is 2. The highest BCUT2D eigenvalue weighted by molar-refractivity contribution is 5.86. The fourth-order valence-corrected chi connectivity index (χ4v) is 5.52. The molecule has 31 heavy (non-hydrogen) atoms. The molecule has 2 saturated heterocycles. The maximum Gasteiger partial charge on any atom is 0.242 e. The fraction of sp³-hybridized carbons (Fsp3) is 0.417. The summed E-state index contributed by atoms with van der Waals surface area (Å²) in [5.41, 5.74) is 4.12. The van der Waals surface area contributed by atoms with Crippen molar-refractivity contribution in [1.82, 2.24) is 24.6 Å². The van der Waals surface area contributed by atoms with Crippen LogP contribution >= 0.6 is 0 Å². The molecular formula is C24H25N5O2. The van der Waals surface area contributed by atoms with E-state index in [4.69, 9.17) is 5.10 Å². The normalized spacial score (nSPS) is 21.7. The third-order valence-corrected chi connectivity index (χ3v) is 7.11. The minimum Gasteiger partial charge on any atom is -0.339 e. The second-order valence-corrected chi connectivity index (χ2v) is 9.28. The lowest BCUT2D eigenvalue weighted by molar-refractivity contribution is -0.144. The number of para-hydroxylation sites is 1. The van der Waals surface area contributed by atoms with Crippen molar-refractivity contribution in [3.05, 3.63) is 48.3 Å². The van der Waals surface area contributed by atoms with Gasteiger partial charge in [0.15, 0.2) is 0 Å². The highest BCUT2D eigenvalue weighted by Gasteiger charge is 2.53. The van der Waals surface area contributed by atoms with E-state index in [9.17, 15) is 9.59 Å². The first-order valence-corrected chi connectivity index (χ1v) is 11.0. The van der Waals surface area contributed by atoms with Crippen molar-refractivity contribution in [1.29, 1.82) is 0 Å². The topological polar surface area (TPSA) is 71.3 Å². The third kappa shape index (κ3) is 2.86. The Balaban J connectivity index is 1.23. The van der Waals surface area contributed by atoms with Crippen LogP contribution in [0.3, 0.4) is 0 Å². The number of carbonyl (C=O) groups is 2. The third-order valence-electron chi connectivity index (χ3n) is 7.11. The van der Waals surface area contributed by atoms with E-state index in [0.29, 0.717) is 32.1 Å². The quantitative estimate of drug-likeness (QED) is 0.660. The van der Waals surface area contributed by atoms with Crippen LogP contribution in [-0.2, 0) is 15.0 Å². The molecule has 1 aromatic carbocycles. The van der Waals surface area contributed by atoms with Crippen molar-refractivity contribution >= 4 is 22.7 Å². The lowest BCUT2D eigenvalue weighted by Crippen LogP contribution is -2.61. The van der Waals surface area contributed by atoms with E-state index < -0.39 is 0 Å². The second-order valence-electron chi connectivity index (χ2n) is 9.28. The first-order chi connectivity index (χ1) is 15.0. The van der Waals surface area contributed by atoms with Gasteiger partial charge in [-0.25, -0.2) is 0 Å². The maximum absolute atomic E-state index is 12.7. The SMILES string of the molecule is CC1CC2(CN(C(=O)CN3CCCC3=O)C2)c2cc(-c3cnc4ccccc4c3)nn21. The molecule has 7 heteroatoms. The summed E-state index contributed by atoms with van der Waals surface area (Å²) in [6.07, 6.45) is 4.32. The predicted molar refractivity (Wildman–Crippen MR) is 116 cm³/mol. The summed E-state index contributed by atoms with van der Waals surface area (Å²) in [5.74, 6) is 0.162. The van der Waals surface area contributed by atoms with E-state index in [2.05, 4.69) is 34.8 Å². The molecule has 6 rings (SSSR count). The smallest absolute Gasteiger partial charge is 0.242 e. The molecule has 3 aromatic rings. The van der Waals surface area contributed by atoms with E-state index in [-0.39, 0.29) is 23.8 Å². The highest BCUT2D eigenvalue weighted by Crippen LogP contribution is 2.48. The van der Waals surface area contributed by atoms with Gasteiger partial charge in [0, 0.05) is 54.3 Å². The monoisotopic (exact) mass is 415 g/mol. The number of amides is 2. The van der Waals surface area contributed by atoms with Crippen LogP contribution in [0.1, 0.15) is 37.9 Å². The van der Waals surface area contributed by atoms with Gasteiger partial charge in [0.05, 0.1) is 23.8 Å². The average Bonchev–Trinajstić information content (AvgIpc) is 3.43. The van der Waals surface area contributed by atoms with Crippen molar-refractivity contribution < 1.29 is 9.59 Å². The molecule has 0 bridgehead atoms. The summed E-state index contributed by atoms with van der Waals surface area (Å²) in [6, 6.07) is 12.7. The summed E-state index contributed by atoms with van der Waals surface area (Å²) in [5, 5.41) is 6.01. The van der Waals surface area contributed by atoms with Crippen LogP contribution in [-0.4, -0.2) is 62.6 Å². The van der Waals surface area contributed by atoms with Crippen LogP contribution in [0, 0.1) is 0 Å². The van der Waals surface area contributed by atoms with Crippen molar-refractivity contribution in [2.24, 2.45) is 0 Å². The van der Waals surface area contributed by atoms with E-state index in [0.717, 1.165) is 35.0 Å². The zero-order chi connectivity index (χ0) is 21.2. The van der Waals surface area contributed by atoms with Crippen molar-refractivity contribution in [3.63, 3.8) is 0 Å². The van der Waals surface area contributed by atoms with Crippen LogP contribution in [0.2, 0.25) is 0 Å². The largest absolute Gasteiger partial charge is 0.339 e. The van der Waals surface area contributed by atoms with Gasteiger partial charge in [-0.15, -0.1) is 0 Å². The maximum atomic E-state index is 12.7. The molecule has 5 heterocycles. The molecule has 0 N–H and O–H groups in total. The number of rotatable bonds is 3.